The number of ether oxygens (including phenoxy) is 2. The van der Waals surface area contributed by atoms with E-state index in [-0.39, 0.29) is 23.8 Å². The molecule has 2 N–H and O–H groups in total. The van der Waals surface area contributed by atoms with Gasteiger partial charge in [0, 0.05) is 11.7 Å². The molecule has 0 aromatic heterocycles. The first-order chi connectivity index (χ1) is 18.2. The van der Waals surface area contributed by atoms with Crippen molar-refractivity contribution in [3.8, 4) is 5.75 Å². The number of alkyl carbamates (subject to hydrolysis) is 1. The van der Waals surface area contributed by atoms with Gasteiger partial charge in [0.1, 0.15) is 23.4 Å². The first-order valence-electron chi connectivity index (χ1n) is 13.5. The highest BCUT2D eigenvalue weighted by atomic mass is 16.6. The van der Waals surface area contributed by atoms with Crippen molar-refractivity contribution in [1.82, 2.24) is 10.2 Å². The predicted octanol–water partition coefficient (Wildman–Crippen LogP) is 6.17. The molecule has 3 unspecified atom stereocenters. The Balaban J connectivity index is 2.61. The van der Waals surface area contributed by atoms with E-state index in [0.29, 0.717) is 17.9 Å². The van der Waals surface area contributed by atoms with E-state index in [9.17, 15) is 14.4 Å². The monoisotopic (exact) mass is 539 g/mol. The van der Waals surface area contributed by atoms with Gasteiger partial charge >= 0.3 is 6.09 Å². The minimum Gasteiger partial charge on any atom is -0.497 e. The highest BCUT2D eigenvalue weighted by molar-refractivity contribution is 5.99. The number of carbonyl (C=O) groups excluding carboxylic acids is 3. The summed E-state index contributed by atoms with van der Waals surface area (Å²) in [7, 11) is 1.58. The number of carbonyl (C=O) groups is 3. The molecular formula is C31H45N3O5. The third-order valence-corrected chi connectivity index (χ3v) is 6.62. The van der Waals surface area contributed by atoms with Crippen molar-refractivity contribution in [3.63, 3.8) is 0 Å². The molecule has 3 amide bonds. The standard InChI is InChI=1S/C31H45N3O5/c1-11-22(6)34(29(36)26(19(2)3)33-30(37)39-31(7,8)9)27(25-20(4)13-12-14-21(25)5)28(35)32-23-15-17-24(38-10)18-16-23/h12-19,22,26-27H,11H2,1-10H3,(H,32,35)(H,33,37). The Morgan fingerprint density at radius 1 is 0.949 bits per heavy atom. The van der Waals surface area contributed by atoms with Crippen LogP contribution in [0.3, 0.4) is 0 Å². The molecule has 2 aromatic carbocycles. The summed E-state index contributed by atoms with van der Waals surface area (Å²) in [5.74, 6) is -0.266. The van der Waals surface area contributed by atoms with Gasteiger partial charge in [0.15, 0.2) is 0 Å². The van der Waals surface area contributed by atoms with E-state index in [1.807, 2.05) is 59.7 Å². The molecule has 8 heteroatoms. The first kappa shape index (κ1) is 31.7. The molecule has 0 radical (unpaired) electrons. The van der Waals surface area contributed by atoms with Gasteiger partial charge < -0.3 is 25.0 Å². The van der Waals surface area contributed by atoms with Crippen molar-refractivity contribution in [2.24, 2.45) is 5.92 Å². The van der Waals surface area contributed by atoms with Gasteiger partial charge in [0.25, 0.3) is 5.91 Å². The summed E-state index contributed by atoms with van der Waals surface area (Å²) in [5, 5.41) is 5.77. The van der Waals surface area contributed by atoms with Gasteiger partial charge in [0.05, 0.1) is 7.11 Å². The van der Waals surface area contributed by atoms with Crippen LogP contribution in [0.1, 0.15) is 77.6 Å². The van der Waals surface area contributed by atoms with Gasteiger partial charge in [-0.15, -0.1) is 0 Å². The maximum atomic E-state index is 14.3. The van der Waals surface area contributed by atoms with Crippen molar-refractivity contribution in [3.05, 3.63) is 59.2 Å². The fourth-order valence-electron chi connectivity index (χ4n) is 4.44. The summed E-state index contributed by atoms with van der Waals surface area (Å²) in [6.45, 7) is 16.8. The minimum atomic E-state index is -0.933. The van der Waals surface area contributed by atoms with Gasteiger partial charge in [0.2, 0.25) is 5.91 Å². The fourth-order valence-corrected chi connectivity index (χ4v) is 4.44. The predicted molar refractivity (Wildman–Crippen MR) is 155 cm³/mol. The van der Waals surface area contributed by atoms with E-state index in [4.69, 9.17) is 9.47 Å². The highest BCUT2D eigenvalue weighted by Gasteiger charge is 2.40. The molecule has 214 valence electrons. The van der Waals surface area contributed by atoms with Crippen LogP contribution in [0.2, 0.25) is 0 Å². The van der Waals surface area contributed by atoms with Crippen molar-refractivity contribution in [2.45, 2.75) is 92.5 Å². The molecule has 0 saturated carbocycles. The van der Waals surface area contributed by atoms with Crippen LogP contribution in [0.4, 0.5) is 10.5 Å². The van der Waals surface area contributed by atoms with E-state index >= 15 is 0 Å². The molecular weight excluding hydrogens is 494 g/mol. The lowest BCUT2D eigenvalue weighted by Crippen LogP contribution is -2.56. The zero-order valence-corrected chi connectivity index (χ0v) is 25.0. The Labute approximate surface area is 233 Å². The zero-order chi connectivity index (χ0) is 29.5. The second kappa shape index (κ2) is 13.5. The number of hydrogen-bond acceptors (Lipinski definition) is 5. The number of rotatable bonds is 10. The van der Waals surface area contributed by atoms with Crippen molar-refractivity contribution in [2.75, 3.05) is 12.4 Å². The molecule has 2 rings (SSSR count). The second-order valence-electron chi connectivity index (χ2n) is 11.3. The third kappa shape index (κ3) is 8.47. The average Bonchev–Trinajstić information content (AvgIpc) is 2.85. The maximum Gasteiger partial charge on any atom is 0.408 e. The van der Waals surface area contributed by atoms with Crippen LogP contribution < -0.4 is 15.4 Å². The third-order valence-electron chi connectivity index (χ3n) is 6.62. The summed E-state index contributed by atoms with van der Waals surface area (Å²) in [6, 6.07) is 10.7. The van der Waals surface area contributed by atoms with E-state index in [2.05, 4.69) is 10.6 Å². The molecule has 0 heterocycles. The fraction of sp³-hybridized carbons (Fsp3) is 0.516. The van der Waals surface area contributed by atoms with Gasteiger partial charge in [-0.1, -0.05) is 39.0 Å². The van der Waals surface area contributed by atoms with Crippen LogP contribution in [-0.2, 0) is 14.3 Å². The molecule has 0 fully saturated rings. The number of nitrogens with one attached hydrogen (secondary N) is 2. The molecule has 3 atom stereocenters. The molecule has 0 spiro atoms. The summed E-state index contributed by atoms with van der Waals surface area (Å²) in [4.78, 5) is 42.8. The average molecular weight is 540 g/mol. The number of methoxy groups -OCH3 is 1. The summed E-state index contributed by atoms with van der Waals surface area (Å²) in [6.07, 6.45) is -0.0646. The Hall–Kier alpha value is -3.55. The van der Waals surface area contributed by atoms with Crippen LogP contribution in [0.15, 0.2) is 42.5 Å². The number of aryl methyl sites for hydroxylation is 2. The molecule has 0 saturated heterocycles. The SMILES string of the molecule is CCC(C)N(C(=O)C(NC(=O)OC(C)(C)C)C(C)C)C(C(=O)Nc1ccc(OC)cc1)c1c(C)cccc1C. The molecule has 2 aromatic rings. The Kier molecular flexibility index (Phi) is 11.0. The highest BCUT2D eigenvalue weighted by Crippen LogP contribution is 2.32. The Morgan fingerprint density at radius 2 is 1.51 bits per heavy atom. The van der Waals surface area contributed by atoms with Crippen molar-refractivity contribution < 1.29 is 23.9 Å². The zero-order valence-electron chi connectivity index (χ0n) is 25.0. The van der Waals surface area contributed by atoms with Crippen LogP contribution >= 0.6 is 0 Å². The second-order valence-corrected chi connectivity index (χ2v) is 11.3. The first-order valence-corrected chi connectivity index (χ1v) is 13.5. The largest absolute Gasteiger partial charge is 0.497 e. The number of benzene rings is 2. The maximum absolute atomic E-state index is 14.3. The minimum absolute atomic E-state index is 0.250. The summed E-state index contributed by atoms with van der Waals surface area (Å²) in [5.41, 5.74) is 2.42. The van der Waals surface area contributed by atoms with Gasteiger partial charge in [-0.05, 0) is 94.8 Å². The number of amides is 3. The Bertz CT molecular complexity index is 1120. The topological polar surface area (TPSA) is 97.0 Å². The number of hydrogen-bond donors (Lipinski definition) is 2. The van der Waals surface area contributed by atoms with E-state index < -0.39 is 23.8 Å². The van der Waals surface area contributed by atoms with Crippen molar-refractivity contribution in [1.29, 1.82) is 0 Å². The lowest BCUT2D eigenvalue weighted by molar-refractivity contribution is -0.144. The van der Waals surface area contributed by atoms with Gasteiger partial charge in [-0.3, -0.25) is 9.59 Å². The molecule has 0 aliphatic heterocycles. The molecule has 0 aliphatic carbocycles. The number of anilines is 1. The smallest absolute Gasteiger partial charge is 0.408 e. The van der Waals surface area contributed by atoms with Crippen LogP contribution in [-0.4, -0.2) is 47.6 Å². The van der Waals surface area contributed by atoms with Crippen LogP contribution in [0, 0.1) is 19.8 Å². The van der Waals surface area contributed by atoms with Crippen LogP contribution in [0.25, 0.3) is 0 Å². The summed E-state index contributed by atoms with van der Waals surface area (Å²) >= 11 is 0. The van der Waals surface area contributed by atoms with E-state index in [0.717, 1.165) is 16.7 Å². The molecule has 39 heavy (non-hydrogen) atoms. The lowest BCUT2D eigenvalue weighted by atomic mass is 9.91. The van der Waals surface area contributed by atoms with Crippen LogP contribution in [0.5, 0.6) is 5.75 Å². The number of nitrogens with zero attached hydrogens (tertiary/aromatic N) is 1. The van der Waals surface area contributed by atoms with Gasteiger partial charge in [-0.25, -0.2) is 4.79 Å². The van der Waals surface area contributed by atoms with Gasteiger partial charge in [-0.2, -0.15) is 0 Å². The lowest BCUT2D eigenvalue weighted by Gasteiger charge is -2.40. The molecule has 8 nitrogen and oxygen atoms in total. The van der Waals surface area contributed by atoms with E-state index in [1.54, 1.807) is 57.0 Å². The quantitative estimate of drug-likeness (QED) is 0.376. The Morgan fingerprint density at radius 3 is 1.97 bits per heavy atom. The molecule has 0 aliphatic rings. The van der Waals surface area contributed by atoms with Crippen molar-refractivity contribution >= 4 is 23.6 Å². The molecule has 0 bridgehead atoms. The normalized spacial score (nSPS) is 13.7. The summed E-state index contributed by atoms with van der Waals surface area (Å²) < 4.78 is 10.7. The van der Waals surface area contributed by atoms with E-state index in [1.165, 1.54) is 0 Å².